The zero-order valence-corrected chi connectivity index (χ0v) is 13.9. The SMILES string of the molecule is CCC1CN(c2ccccc2CCOC)C(C(C)C)CN1. The lowest BCUT2D eigenvalue weighted by Crippen LogP contribution is -2.58. The molecule has 0 spiro atoms. The van der Waals surface area contributed by atoms with Crippen molar-refractivity contribution in [3.63, 3.8) is 0 Å². The van der Waals surface area contributed by atoms with Crippen molar-refractivity contribution in [3.05, 3.63) is 29.8 Å². The predicted octanol–water partition coefficient (Wildman–Crippen LogP) is 3.09. The molecule has 118 valence electrons. The number of nitrogens with one attached hydrogen (secondary N) is 1. The third-order valence-corrected chi connectivity index (χ3v) is 4.57. The molecule has 1 aromatic carbocycles. The molecule has 1 fully saturated rings. The van der Waals surface area contributed by atoms with Crippen LogP contribution in [0.25, 0.3) is 0 Å². The standard InChI is InChI=1S/C18H30N2O/c1-5-16-13-20(18(12-19-16)14(2)3)17-9-7-6-8-15(17)10-11-21-4/h6-9,14,16,18-19H,5,10-13H2,1-4H3. The molecule has 1 aliphatic rings. The van der Waals surface area contributed by atoms with Crippen LogP contribution in [-0.2, 0) is 11.2 Å². The van der Waals surface area contributed by atoms with Crippen LogP contribution >= 0.6 is 0 Å². The van der Waals surface area contributed by atoms with Crippen molar-refractivity contribution in [2.45, 2.75) is 45.7 Å². The molecular weight excluding hydrogens is 260 g/mol. The number of rotatable bonds is 6. The lowest BCUT2D eigenvalue weighted by molar-refractivity contribution is 0.202. The zero-order valence-electron chi connectivity index (χ0n) is 13.9. The fourth-order valence-electron chi connectivity index (χ4n) is 3.20. The maximum atomic E-state index is 5.27. The summed E-state index contributed by atoms with van der Waals surface area (Å²) in [5.41, 5.74) is 2.80. The minimum atomic E-state index is 0.566. The summed E-state index contributed by atoms with van der Waals surface area (Å²) >= 11 is 0. The van der Waals surface area contributed by atoms with E-state index in [0.29, 0.717) is 18.0 Å². The maximum Gasteiger partial charge on any atom is 0.0503 e. The number of para-hydroxylation sites is 1. The van der Waals surface area contributed by atoms with Crippen molar-refractivity contribution in [2.75, 3.05) is 31.7 Å². The first kappa shape index (κ1) is 16.3. The van der Waals surface area contributed by atoms with Crippen molar-refractivity contribution in [3.8, 4) is 0 Å². The Labute approximate surface area is 129 Å². The van der Waals surface area contributed by atoms with Crippen LogP contribution in [-0.4, -0.2) is 38.9 Å². The Morgan fingerprint density at radius 2 is 2.10 bits per heavy atom. The van der Waals surface area contributed by atoms with E-state index in [1.54, 1.807) is 7.11 Å². The van der Waals surface area contributed by atoms with E-state index in [2.05, 4.69) is 55.3 Å². The van der Waals surface area contributed by atoms with Gasteiger partial charge in [-0.15, -0.1) is 0 Å². The Morgan fingerprint density at radius 3 is 2.76 bits per heavy atom. The fourth-order valence-corrected chi connectivity index (χ4v) is 3.20. The topological polar surface area (TPSA) is 24.5 Å². The average molecular weight is 290 g/mol. The third-order valence-electron chi connectivity index (χ3n) is 4.57. The monoisotopic (exact) mass is 290 g/mol. The molecule has 0 saturated carbocycles. The molecule has 1 aromatic rings. The Kier molecular flexibility index (Phi) is 6.07. The molecule has 0 aromatic heterocycles. The van der Waals surface area contributed by atoms with Crippen LogP contribution in [0.3, 0.4) is 0 Å². The van der Waals surface area contributed by atoms with Crippen molar-refractivity contribution in [1.29, 1.82) is 0 Å². The average Bonchev–Trinajstić information content (AvgIpc) is 2.52. The summed E-state index contributed by atoms with van der Waals surface area (Å²) in [7, 11) is 1.78. The maximum absolute atomic E-state index is 5.27. The van der Waals surface area contributed by atoms with Gasteiger partial charge >= 0.3 is 0 Å². The van der Waals surface area contributed by atoms with E-state index in [4.69, 9.17) is 4.74 Å². The van der Waals surface area contributed by atoms with Crippen LogP contribution in [0.1, 0.15) is 32.8 Å². The van der Waals surface area contributed by atoms with E-state index in [9.17, 15) is 0 Å². The molecule has 3 heteroatoms. The second kappa shape index (κ2) is 7.81. The molecule has 1 heterocycles. The molecule has 1 N–H and O–H groups in total. The highest BCUT2D eigenvalue weighted by molar-refractivity contribution is 5.55. The lowest BCUT2D eigenvalue weighted by atomic mass is 9.95. The van der Waals surface area contributed by atoms with E-state index in [-0.39, 0.29) is 0 Å². The number of hydrogen-bond donors (Lipinski definition) is 1. The first-order valence-corrected chi connectivity index (χ1v) is 8.24. The van der Waals surface area contributed by atoms with Gasteiger partial charge in [-0.3, -0.25) is 0 Å². The molecule has 3 nitrogen and oxygen atoms in total. The second-order valence-electron chi connectivity index (χ2n) is 6.35. The Bertz CT molecular complexity index is 433. The summed E-state index contributed by atoms with van der Waals surface area (Å²) < 4.78 is 5.27. The van der Waals surface area contributed by atoms with E-state index in [0.717, 1.165) is 26.1 Å². The highest BCUT2D eigenvalue weighted by Crippen LogP contribution is 2.28. The quantitative estimate of drug-likeness (QED) is 0.871. The van der Waals surface area contributed by atoms with Crippen molar-refractivity contribution in [1.82, 2.24) is 5.32 Å². The summed E-state index contributed by atoms with van der Waals surface area (Å²) in [5.74, 6) is 0.644. The highest BCUT2D eigenvalue weighted by Gasteiger charge is 2.30. The van der Waals surface area contributed by atoms with Crippen LogP contribution in [0.2, 0.25) is 0 Å². The summed E-state index contributed by atoms with van der Waals surface area (Å²) in [6.45, 7) is 9.87. The predicted molar refractivity (Wildman–Crippen MR) is 90.1 cm³/mol. The van der Waals surface area contributed by atoms with Crippen molar-refractivity contribution in [2.24, 2.45) is 5.92 Å². The van der Waals surface area contributed by atoms with Gasteiger partial charge in [0.1, 0.15) is 0 Å². The number of nitrogens with zero attached hydrogens (tertiary/aromatic N) is 1. The first-order valence-electron chi connectivity index (χ1n) is 8.24. The summed E-state index contributed by atoms with van der Waals surface area (Å²) in [5, 5.41) is 3.70. The third kappa shape index (κ3) is 3.98. The molecule has 1 aliphatic heterocycles. The van der Waals surface area contributed by atoms with Gasteiger partial charge in [-0.25, -0.2) is 0 Å². The normalized spacial score (nSPS) is 22.8. The number of benzene rings is 1. The van der Waals surface area contributed by atoms with Crippen LogP contribution in [0, 0.1) is 5.92 Å². The fraction of sp³-hybridized carbons (Fsp3) is 0.667. The van der Waals surface area contributed by atoms with Gasteiger partial charge in [0, 0.05) is 38.0 Å². The van der Waals surface area contributed by atoms with Gasteiger partial charge in [-0.1, -0.05) is 39.0 Å². The van der Waals surface area contributed by atoms with Gasteiger partial charge in [0.15, 0.2) is 0 Å². The largest absolute Gasteiger partial charge is 0.384 e. The minimum Gasteiger partial charge on any atom is -0.384 e. The molecule has 21 heavy (non-hydrogen) atoms. The van der Waals surface area contributed by atoms with Gasteiger partial charge < -0.3 is 15.0 Å². The molecular formula is C18H30N2O. The van der Waals surface area contributed by atoms with Gasteiger partial charge in [0.05, 0.1) is 6.61 Å². The molecule has 2 unspecified atom stereocenters. The molecule has 0 aliphatic carbocycles. The van der Waals surface area contributed by atoms with Crippen LogP contribution < -0.4 is 10.2 Å². The summed E-state index contributed by atoms with van der Waals surface area (Å²) in [6.07, 6.45) is 2.17. The van der Waals surface area contributed by atoms with Gasteiger partial charge in [-0.05, 0) is 30.4 Å². The summed E-state index contributed by atoms with van der Waals surface area (Å²) in [4.78, 5) is 2.63. The van der Waals surface area contributed by atoms with E-state index >= 15 is 0 Å². The van der Waals surface area contributed by atoms with E-state index < -0.39 is 0 Å². The smallest absolute Gasteiger partial charge is 0.0503 e. The highest BCUT2D eigenvalue weighted by atomic mass is 16.5. The number of hydrogen-bond acceptors (Lipinski definition) is 3. The number of anilines is 1. The van der Waals surface area contributed by atoms with Crippen LogP contribution in [0.4, 0.5) is 5.69 Å². The molecule has 2 atom stereocenters. The molecule has 0 radical (unpaired) electrons. The zero-order chi connectivity index (χ0) is 15.2. The van der Waals surface area contributed by atoms with E-state index in [1.807, 2.05) is 0 Å². The molecule has 1 saturated heterocycles. The first-order chi connectivity index (χ1) is 10.2. The van der Waals surface area contributed by atoms with Crippen molar-refractivity contribution >= 4 is 5.69 Å². The second-order valence-corrected chi connectivity index (χ2v) is 6.35. The minimum absolute atomic E-state index is 0.566. The van der Waals surface area contributed by atoms with Crippen molar-refractivity contribution < 1.29 is 4.74 Å². The number of ether oxygens (including phenoxy) is 1. The lowest BCUT2D eigenvalue weighted by Gasteiger charge is -2.44. The van der Waals surface area contributed by atoms with Gasteiger partial charge in [-0.2, -0.15) is 0 Å². The van der Waals surface area contributed by atoms with E-state index in [1.165, 1.54) is 17.7 Å². The number of piperazine rings is 1. The van der Waals surface area contributed by atoms with Gasteiger partial charge in [0.2, 0.25) is 0 Å². The van der Waals surface area contributed by atoms with Crippen LogP contribution in [0.15, 0.2) is 24.3 Å². The Morgan fingerprint density at radius 1 is 1.33 bits per heavy atom. The number of methoxy groups -OCH3 is 1. The molecule has 0 amide bonds. The molecule has 2 rings (SSSR count). The summed E-state index contributed by atoms with van der Waals surface area (Å²) in [6, 6.07) is 9.98. The van der Waals surface area contributed by atoms with Crippen LogP contribution in [0.5, 0.6) is 0 Å². The Balaban J connectivity index is 2.26. The van der Waals surface area contributed by atoms with Gasteiger partial charge in [0.25, 0.3) is 0 Å². The molecule has 0 bridgehead atoms. The Hall–Kier alpha value is -1.06.